The molecular weight excluding hydrogens is 392 g/mol. The van der Waals surface area contributed by atoms with Gasteiger partial charge in [0.2, 0.25) is 0 Å². The van der Waals surface area contributed by atoms with Crippen LogP contribution in [0.1, 0.15) is 46.3 Å². The molecule has 4 rings (SSSR count). The molecule has 2 heterocycles. The molecule has 0 saturated carbocycles. The first kappa shape index (κ1) is 20.5. The highest BCUT2D eigenvalue weighted by molar-refractivity contribution is 7.12. The number of rotatable bonds is 5. The number of amides is 2. The summed E-state index contributed by atoms with van der Waals surface area (Å²) in [5.74, 6) is 0.807. The van der Waals surface area contributed by atoms with Crippen LogP contribution in [0.3, 0.4) is 0 Å². The molecule has 1 aliphatic rings. The maximum absolute atomic E-state index is 13.3. The normalized spacial score (nSPS) is 15.6. The lowest BCUT2D eigenvalue weighted by molar-refractivity contribution is 0.195. The molecule has 1 aromatic heterocycles. The summed E-state index contributed by atoms with van der Waals surface area (Å²) in [7, 11) is 0. The molecule has 1 N–H and O–H groups in total. The molecule has 4 nitrogen and oxygen atoms in total. The molecule has 0 aliphatic carbocycles. The second-order valence-electron chi connectivity index (χ2n) is 7.48. The van der Waals surface area contributed by atoms with Crippen molar-refractivity contribution in [3.05, 3.63) is 81.0 Å². The third-order valence-corrected chi connectivity index (χ3v) is 6.90. The van der Waals surface area contributed by atoms with E-state index in [-0.39, 0.29) is 12.1 Å². The first-order valence-electron chi connectivity index (χ1n) is 10.6. The Morgan fingerprint density at radius 3 is 2.53 bits per heavy atom. The Bertz CT molecular complexity index is 1010. The van der Waals surface area contributed by atoms with Crippen LogP contribution < -0.4 is 10.1 Å². The smallest absolute Gasteiger partial charge is 0.322 e. The zero-order valence-corrected chi connectivity index (χ0v) is 18.6. The van der Waals surface area contributed by atoms with E-state index in [9.17, 15) is 4.79 Å². The zero-order chi connectivity index (χ0) is 21.1. The van der Waals surface area contributed by atoms with Gasteiger partial charge in [0.15, 0.2) is 0 Å². The number of carbonyl (C=O) groups excluding carboxylic acids is 1. The number of nitrogens with zero attached hydrogens (tertiary/aromatic N) is 1. The number of fused-ring (bicyclic) bond motifs is 1. The number of nitrogens with one attached hydrogen (secondary N) is 1. The molecule has 1 aliphatic heterocycles. The number of urea groups is 1. The van der Waals surface area contributed by atoms with Crippen LogP contribution >= 0.6 is 11.3 Å². The Morgan fingerprint density at radius 2 is 1.87 bits per heavy atom. The molecule has 0 saturated heterocycles. The predicted molar refractivity (Wildman–Crippen MR) is 124 cm³/mol. The maximum Gasteiger partial charge on any atom is 0.322 e. The fourth-order valence-electron chi connectivity index (χ4n) is 4.29. The summed E-state index contributed by atoms with van der Waals surface area (Å²) in [6, 6.07) is 17.8. The molecule has 2 aromatic carbocycles. The van der Waals surface area contributed by atoms with Gasteiger partial charge in [-0.15, -0.1) is 11.3 Å². The number of hydrogen-bond donors (Lipinski definition) is 1. The average Bonchev–Trinajstić information content (AvgIpc) is 3.10. The van der Waals surface area contributed by atoms with Gasteiger partial charge in [-0.1, -0.05) is 37.3 Å². The molecule has 0 bridgehead atoms. The van der Waals surface area contributed by atoms with Crippen LogP contribution in [-0.4, -0.2) is 24.1 Å². The molecule has 3 aromatic rings. The summed E-state index contributed by atoms with van der Waals surface area (Å²) in [5.41, 5.74) is 4.84. The van der Waals surface area contributed by atoms with E-state index in [0.717, 1.165) is 29.8 Å². The molecule has 5 heteroatoms. The second kappa shape index (κ2) is 8.92. The number of carbonyl (C=O) groups is 1. The Labute approximate surface area is 182 Å². The van der Waals surface area contributed by atoms with Crippen molar-refractivity contribution in [2.75, 3.05) is 18.5 Å². The number of thiophene rings is 1. The summed E-state index contributed by atoms with van der Waals surface area (Å²) in [6.07, 6.45) is 1.94. The third-order valence-electron chi connectivity index (χ3n) is 5.66. The Morgan fingerprint density at radius 1 is 1.13 bits per heavy atom. The predicted octanol–water partition coefficient (Wildman–Crippen LogP) is 6.20. The van der Waals surface area contributed by atoms with E-state index in [1.54, 1.807) is 0 Å². The molecule has 156 valence electrons. The van der Waals surface area contributed by atoms with Gasteiger partial charge in [0.05, 0.1) is 12.6 Å². The van der Waals surface area contributed by atoms with Crippen LogP contribution in [0.15, 0.2) is 54.6 Å². The number of anilines is 1. The van der Waals surface area contributed by atoms with Gasteiger partial charge in [0.25, 0.3) is 0 Å². The van der Waals surface area contributed by atoms with E-state index < -0.39 is 0 Å². The van der Waals surface area contributed by atoms with Gasteiger partial charge in [-0.2, -0.15) is 0 Å². The molecule has 30 heavy (non-hydrogen) atoms. The van der Waals surface area contributed by atoms with E-state index in [2.05, 4.69) is 31.3 Å². The molecule has 0 spiro atoms. The van der Waals surface area contributed by atoms with Gasteiger partial charge in [-0.3, -0.25) is 0 Å². The fourth-order valence-corrected chi connectivity index (χ4v) is 5.74. The lowest BCUT2D eigenvalue weighted by atomic mass is 9.92. The number of benzene rings is 2. The molecule has 0 unspecified atom stereocenters. The summed E-state index contributed by atoms with van der Waals surface area (Å²) in [4.78, 5) is 18.0. The van der Waals surface area contributed by atoms with Crippen LogP contribution in [0.2, 0.25) is 0 Å². The SMILES string of the molecule is CCOc1ccc(NC(=O)N2CCc3c(sc(C)c3CC)[C@H]2c2ccccc2)cc1. The summed E-state index contributed by atoms with van der Waals surface area (Å²) in [5, 5.41) is 3.08. The van der Waals surface area contributed by atoms with E-state index in [1.807, 2.05) is 65.6 Å². The van der Waals surface area contributed by atoms with Crippen molar-refractivity contribution in [1.82, 2.24) is 4.90 Å². The minimum absolute atomic E-state index is 0.0540. The van der Waals surface area contributed by atoms with Crippen molar-refractivity contribution in [2.24, 2.45) is 0 Å². The summed E-state index contributed by atoms with van der Waals surface area (Å²) in [6.45, 7) is 7.71. The minimum Gasteiger partial charge on any atom is -0.494 e. The Balaban J connectivity index is 1.65. The zero-order valence-electron chi connectivity index (χ0n) is 17.8. The Kier molecular flexibility index (Phi) is 6.09. The summed E-state index contributed by atoms with van der Waals surface area (Å²) < 4.78 is 5.50. The van der Waals surface area contributed by atoms with E-state index in [1.165, 1.54) is 20.9 Å². The van der Waals surface area contributed by atoms with Crippen molar-refractivity contribution >= 4 is 23.1 Å². The third kappa shape index (κ3) is 3.94. The maximum atomic E-state index is 13.3. The highest BCUT2D eigenvalue weighted by atomic mass is 32.1. The van der Waals surface area contributed by atoms with Crippen LogP contribution in [0, 0.1) is 6.92 Å². The molecule has 0 radical (unpaired) electrons. The highest BCUT2D eigenvalue weighted by Crippen LogP contribution is 2.43. The number of ether oxygens (including phenoxy) is 1. The number of hydrogen-bond acceptors (Lipinski definition) is 3. The molecule has 0 fully saturated rings. The fraction of sp³-hybridized carbons (Fsp3) is 0.320. The molecular formula is C25H28N2O2S. The first-order valence-corrected chi connectivity index (χ1v) is 11.4. The van der Waals surface area contributed by atoms with Gasteiger partial charge in [0.1, 0.15) is 5.75 Å². The quantitative estimate of drug-likeness (QED) is 0.534. The number of aryl methyl sites for hydroxylation is 1. The monoisotopic (exact) mass is 420 g/mol. The summed E-state index contributed by atoms with van der Waals surface area (Å²) >= 11 is 1.84. The van der Waals surface area contributed by atoms with Gasteiger partial charge >= 0.3 is 6.03 Å². The van der Waals surface area contributed by atoms with Crippen LogP contribution in [0.25, 0.3) is 0 Å². The van der Waals surface area contributed by atoms with Crippen molar-refractivity contribution in [2.45, 2.75) is 39.7 Å². The Hall–Kier alpha value is -2.79. The lowest BCUT2D eigenvalue weighted by Gasteiger charge is -2.36. The lowest BCUT2D eigenvalue weighted by Crippen LogP contribution is -2.42. The average molecular weight is 421 g/mol. The second-order valence-corrected chi connectivity index (χ2v) is 8.73. The standard InChI is InChI=1S/C25H28N2O2S/c1-4-21-17(3)30-24-22(21)15-16-27(23(24)18-9-7-6-8-10-18)25(28)26-19-11-13-20(14-12-19)29-5-2/h6-14,23H,4-5,15-16H2,1-3H3,(H,26,28)/t23-/m1/s1. The molecule has 1 atom stereocenters. The van der Waals surface area contributed by atoms with Gasteiger partial charge < -0.3 is 15.0 Å². The van der Waals surface area contributed by atoms with Crippen molar-refractivity contribution in [1.29, 1.82) is 0 Å². The molecule has 2 amide bonds. The van der Waals surface area contributed by atoms with E-state index in [4.69, 9.17) is 4.74 Å². The van der Waals surface area contributed by atoms with Crippen LogP contribution in [-0.2, 0) is 12.8 Å². The van der Waals surface area contributed by atoms with Crippen LogP contribution in [0.5, 0.6) is 5.75 Å². The topological polar surface area (TPSA) is 41.6 Å². The minimum atomic E-state index is -0.0669. The van der Waals surface area contributed by atoms with Crippen LogP contribution in [0.4, 0.5) is 10.5 Å². The van der Waals surface area contributed by atoms with Gasteiger partial charge in [-0.25, -0.2) is 4.79 Å². The van der Waals surface area contributed by atoms with Gasteiger partial charge in [0, 0.05) is 22.0 Å². The highest BCUT2D eigenvalue weighted by Gasteiger charge is 2.35. The first-order chi connectivity index (χ1) is 14.6. The largest absolute Gasteiger partial charge is 0.494 e. The van der Waals surface area contributed by atoms with Crippen molar-refractivity contribution in [3.63, 3.8) is 0 Å². The van der Waals surface area contributed by atoms with Crippen molar-refractivity contribution in [3.8, 4) is 5.75 Å². The van der Waals surface area contributed by atoms with Crippen molar-refractivity contribution < 1.29 is 9.53 Å². The van der Waals surface area contributed by atoms with E-state index in [0.29, 0.717) is 13.2 Å². The van der Waals surface area contributed by atoms with Gasteiger partial charge in [-0.05, 0) is 67.6 Å². The van der Waals surface area contributed by atoms with E-state index >= 15 is 0 Å².